The van der Waals surface area contributed by atoms with Gasteiger partial charge in [-0.1, -0.05) is 72.8 Å². The normalized spacial score (nSPS) is 11.0. The van der Waals surface area contributed by atoms with Crippen LogP contribution in [0.3, 0.4) is 0 Å². The Labute approximate surface area is 201 Å². The summed E-state index contributed by atoms with van der Waals surface area (Å²) in [6, 6.07) is 27.3. The van der Waals surface area contributed by atoms with Crippen LogP contribution in [0, 0.1) is 30.3 Å². The molecule has 0 saturated carbocycles. The standard InChI is InChI=1S/C20H12.C6H3N3O7/c1-5-13-6-2-11-17-18-12-4-8-14-7-3-10-16(20(14)18)15(9-1)19(13)17;10-6-4(8(13)14)1-3(7(11)12)2-5(6)9(15)16/h1-12H;1-2,10H. The molecule has 0 aliphatic heterocycles. The van der Waals surface area contributed by atoms with E-state index in [2.05, 4.69) is 72.8 Å². The van der Waals surface area contributed by atoms with Crippen molar-refractivity contribution in [2.24, 2.45) is 0 Å². The quantitative estimate of drug-likeness (QED) is 0.126. The molecular formula is C26H15N3O7. The van der Waals surface area contributed by atoms with E-state index in [0.717, 1.165) is 0 Å². The van der Waals surface area contributed by atoms with Crippen molar-refractivity contribution < 1.29 is 19.9 Å². The van der Waals surface area contributed by atoms with Crippen molar-refractivity contribution in [2.75, 3.05) is 0 Å². The van der Waals surface area contributed by atoms with Crippen LogP contribution in [0.5, 0.6) is 5.75 Å². The fraction of sp³-hybridized carbons (Fsp3) is 0. The summed E-state index contributed by atoms with van der Waals surface area (Å²) in [6.45, 7) is 0. The predicted octanol–water partition coefficient (Wildman–Crippen LogP) is 6.85. The fourth-order valence-electron chi connectivity index (χ4n) is 4.55. The molecule has 10 heteroatoms. The van der Waals surface area contributed by atoms with Crippen molar-refractivity contribution in [1.29, 1.82) is 0 Å². The highest BCUT2D eigenvalue weighted by atomic mass is 16.6. The van der Waals surface area contributed by atoms with E-state index in [1.165, 1.54) is 43.1 Å². The number of fused-ring (bicyclic) bond motifs is 2. The van der Waals surface area contributed by atoms with Gasteiger partial charge in [-0.2, -0.15) is 0 Å². The van der Waals surface area contributed by atoms with Crippen LogP contribution < -0.4 is 0 Å². The summed E-state index contributed by atoms with van der Waals surface area (Å²) >= 11 is 0. The van der Waals surface area contributed by atoms with Gasteiger partial charge in [-0.3, -0.25) is 30.3 Å². The van der Waals surface area contributed by atoms with Crippen molar-refractivity contribution in [3.05, 3.63) is 115 Å². The molecular weight excluding hydrogens is 466 g/mol. The lowest BCUT2D eigenvalue weighted by Gasteiger charge is -2.13. The second-order valence-corrected chi connectivity index (χ2v) is 8.02. The monoisotopic (exact) mass is 481 g/mol. The fourth-order valence-corrected chi connectivity index (χ4v) is 4.55. The van der Waals surface area contributed by atoms with Crippen LogP contribution in [0.25, 0.3) is 43.1 Å². The number of phenols is 1. The molecule has 10 nitrogen and oxygen atoms in total. The van der Waals surface area contributed by atoms with E-state index in [4.69, 9.17) is 5.11 Å². The van der Waals surface area contributed by atoms with E-state index >= 15 is 0 Å². The SMILES string of the molecule is O=[N+]([O-])c1cc([N+](=O)[O-])c(O)c([N+](=O)[O-])c1.c1cc2cccc3c4cccc5cccc(c(c1)c23)c54. The highest BCUT2D eigenvalue weighted by Crippen LogP contribution is 2.40. The van der Waals surface area contributed by atoms with Gasteiger partial charge in [0.15, 0.2) is 0 Å². The van der Waals surface area contributed by atoms with Gasteiger partial charge in [0.1, 0.15) is 0 Å². The zero-order valence-electron chi connectivity index (χ0n) is 18.3. The van der Waals surface area contributed by atoms with Crippen LogP contribution in [0.15, 0.2) is 84.9 Å². The first-order valence-electron chi connectivity index (χ1n) is 10.6. The summed E-state index contributed by atoms with van der Waals surface area (Å²) in [5.41, 5.74) is -3.00. The highest BCUT2D eigenvalue weighted by molar-refractivity contribution is 6.32. The van der Waals surface area contributed by atoms with Gasteiger partial charge >= 0.3 is 11.4 Å². The molecule has 6 aromatic carbocycles. The Bertz CT molecular complexity index is 1640. The number of non-ortho nitro benzene ring substituents is 1. The van der Waals surface area contributed by atoms with Gasteiger partial charge in [0.25, 0.3) is 11.4 Å². The number of phenolic OH excluding ortho intramolecular Hbond substituents is 1. The van der Waals surface area contributed by atoms with Crippen LogP contribution in [0.4, 0.5) is 17.1 Å². The molecule has 0 radical (unpaired) electrons. The van der Waals surface area contributed by atoms with E-state index < -0.39 is 37.6 Å². The Balaban J connectivity index is 0.000000153. The summed E-state index contributed by atoms with van der Waals surface area (Å²) in [5.74, 6) is -1.21. The maximum Gasteiger partial charge on any atom is 0.324 e. The molecule has 36 heavy (non-hydrogen) atoms. The van der Waals surface area contributed by atoms with Crippen molar-refractivity contribution in [3.63, 3.8) is 0 Å². The van der Waals surface area contributed by atoms with Gasteiger partial charge in [-0.25, -0.2) is 0 Å². The van der Waals surface area contributed by atoms with Crippen molar-refractivity contribution in [1.82, 2.24) is 0 Å². The van der Waals surface area contributed by atoms with Gasteiger partial charge < -0.3 is 5.11 Å². The number of hydrogen-bond donors (Lipinski definition) is 1. The largest absolute Gasteiger partial charge is 0.497 e. The average Bonchev–Trinajstić information content (AvgIpc) is 2.87. The van der Waals surface area contributed by atoms with E-state index in [1.54, 1.807) is 0 Å². The number of benzene rings is 6. The summed E-state index contributed by atoms with van der Waals surface area (Å²) < 4.78 is 0. The molecule has 6 rings (SSSR count). The molecule has 0 heterocycles. The molecule has 0 aromatic heterocycles. The van der Waals surface area contributed by atoms with Gasteiger partial charge in [0.05, 0.1) is 26.9 Å². The van der Waals surface area contributed by atoms with Crippen LogP contribution in [-0.4, -0.2) is 19.9 Å². The Morgan fingerprint density at radius 3 is 1.14 bits per heavy atom. The molecule has 0 atom stereocenters. The second kappa shape index (κ2) is 8.44. The number of hydrogen-bond acceptors (Lipinski definition) is 7. The molecule has 0 spiro atoms. The van der Waals surface area contributed by atoms with Crippen molar-refractivity contribution in [3.8, 4) is 5.75 Å². The summed E-state index contributed by atoms with van der Waals surface area (Å²) in [7, 11) is 0. The van der Waals surface area contributed by atoms with E-state index in [1.807, 2.05) is 0 Å². The maximum absolute atomic E-state index is 10.4. The molecule has 6 aromatic rings. The van der Waals surface area contributed by atoms with E-state index in [0.29, 0.717) is 12.1 Å². The molecule has 0 aliphatic rings. The number of aromatic hydroxyl groups is 1. The lowest BCUT2D eigenvalue weighted by Crippen LogP contribution is -1.97. The second-order valence-electron chi connectivity index (χ2n) is 8.02. The topological polar surface area (TPSA) is 150 Å². The third kappa shape index (κ3) is 3.53. The molecule has 0 aliphatic carbocycles. The molecule has 0 unspecified atom stereocenters. The van der Waals surface area contributed by atoms with E-state index in [9.17, 15) is 30.3 Å². The average molecular weight is 481 g/mol. The molecule has 0 bridgehead atoms. The third-order valence-electron chi connectivity index (χ3n) is 6.05. The summed E-state index contributed by atoms with van der Waals surface area (Å²) in [4.78, 5) is 27.8. The minimum absolute atomic E-state index is 0.447. The maximum atomic E-state index is 10.4. The zero-order valence-corrected chi connectivity index (χ0v) is 18.3. The first-order chi connectivity index (χ1) is 17.3. The number of nitrogens with zero attached hydrogens (tertiary/aromatic N) is 3. The Morgan fingerprint density at radius 1 is 0.528 bits per heavy atom. The molecule has 0 fully saturated rings. The van der Waals surface area contributed by atoms with Crippen LogP contribution in [0.1, 0.15) is 0 Å². The first kappa shape index (κ1) is 22.4. The van der Waals surface area contributed by atoms with Gasteiger partial charge in [0, 0.05) is 0 Å². The van der Waals surface area contributed by atoms with E-state index in [-0.39, 0.29) is 0 Å². The molecule has 0 amide bonds. The Morgan fingerprint density at radius 2 is 0.861 bits per heavy atom. The van der Waals surface area contributed by atoms with Gasteiger partial charge in [-0.15, -0.1) is 0 Å². The number of nitro groups is 3. The molecule has 0 saturated heterocycles. The predicted molar refractivity (Wildman–Crippen MR) is 136 cm³/mol. The van der Waals surface area contributed by atoms with Gasteiger partial charge in [0.2, 0.25) is 0 Å². The van der Waals surface area contributed by atoms with Crippen LogP contribution in [-0.2, 0) is 0 Å². The Hall–Kier alpha value is -5.38. The number of nitro benzene ring substituents is 3. The molecule has 1 N–H and O–H groups in total. The lowest BCUT2D eigenvalue weighted by atomic mass is 9.90. The van der Waals surface area contributed by atoms with Gasteiger partial charge in [-0.05, 0) is 43.1 Å². The van der Waals surface area contributed by atoms with Crippen LogP contribution >= 0.6 is 0 Å². The zero-order chi connectivity index (χ0) is 25.6. The van der Waals surface area contributed by atoms with Crippen molar-refractivity contribution in [2.45, 2.75) is 0 Å². The lowest BCUT2D eigenvalue weighted by molar-refractivity contribution is -0.404. The molecule has 176 valence electrons. The smallest absolute Gasteiger partial charge is 0.324 e. The van der Waals surface area contributed by atoms with Crippen molar-refractivity contribution >= 4 is 60.2 Å². The third-order valence-corrected chi connectivity index (χ3v) is 6.05. The first-order valence-corrected chi connectivity index (χ1v) is 10.6. The highest BCUT2D eigenvalue weighted by Gasteiger charge is 2.30. The minimum Gasteiger partial charge on any atom is -0.497 e. The minimum atomic E-state index is -1.21. The summed E-state index contributed by atoms with van der Waals surface area (Å²) in [5, 5.41) is 51.1. The summed E-state index contributed by atoms with van der Waals surface area (Å²) in [6.07, 6.45) is 0. The Kier molecular flexibility index (Phi) is 5.25. The van der Waals surface area contributed by atoms with Crippen LogP contribution in [0.2, 0.25) is 0 Å². The number of rotatable bonds is 3.